The molecule has 0 saturated carbocycles. The standard InChI is InChI=1S/C25H25Cl2NO5S.Na/c1-16(2)19-7-4-17(5-8-19)14-33-15-18-6-10-21(23(12-18)32-3)25(29)28-34(30,31)24-11-9-20(26)13-22(24)27;/h4-13,16H,14-15H2,1-3H3,(H,28,29);/q;+1/p-1. The van der Waals surface area contributed by atoms with E-state index in [0.717, 1.165) is 11.1 Å². The molecule has 35 heavy (non-hydrogen) atoms. The number of carbonyl (C=O) groups is 1. The number of carbonyl (C=O) groups excluding carboxylic acids is 1. The summed E-state index contributed by atoms with van der Waals surface area (Å²) in [6.07, 6.45) is 0. The number of rotatable bonds is 9. The van der Waals surface area contributed by atoms with Crippen molar-refractivity contribution in [2.75, 3.05) is 7.11 Å². The number of amides is 1. The fraction of sp³-hybridized carbons (Fsp3) is 0.240. The summed E-state index contributed by atoms with van der Waals surface area (Å²) in [4.78, 5) is 12.3. The summed E-state index contributed by atoms with van der Waals surface area (Å²) < 4.78 is 39.6. The molecule has 0 aliphatic rings. The fourth-order valence-corrected chi connectivity index (χ4v) is 4.84. The second kappa shape index (κ2) is 13.1. The van der Waals surface area contributed by atoms with E-state index >= 15 is 0 Å². The van der Waals surface area contributed by atoms with Gasteiger partial charge in [-0.25, -0.2) is 8.42 Å². The Kier molecular flexibility index (Phi) is 11.1. The zero-order valence-electron chi connectivity index (χ0n) is 19.9. The predicted molar refractivity (Wildman–Crippen MR) is 133 cm³/mol. The Morgan fingerprint density at radius 1 is 0.943 bits per heavy atom. The van der Waals surface area contributed by atoms with Gasteiger partial charge in [-0.05, 0) is 52.9 Å². The third kappa shape index (κ3) is 7.95. The maximum atomic E-state index is 12.7. The van der Waals surface area contributed by atoms with Crippen LogP contribution in [0, 0.1) is 0 Å². The van der Waals surface area contributed by atoms with Crippen LogP contribution in [0.5, 0.6) is 5.75 Å². The Morgan fingerprint density at radius 2 is 1.57 bits per heavy atom. The second-order valence-electron chi connectivity index (χ2n) is 7.87. The molecule has 3 aromatic carbocycles. The van der Waals surface area contributed by atoms with Gasteiger partial charge in [0.25, 0.3) is 0 Å². The molecule has 6 nitrogen and oxygen atoms in total. The maximum Gasteiger partial charge on any atom is 1.00 e. The molecule has 0 N–H and O–H groups in total. The van der Waals surface area contributed by atoms with Gasteiger partial charge in [0, 0.05) is 10.6 Å². The molecule has 0 heterocycles. The molecule has 0 aliphatic carbocycles. The van der Waals surface area contributed by atoms with Crippen molar-refractivity contribution in [3.63, 3.8) is 0 Å². The van der Waals surface area contributed by atoms with Gasteiger partial charge in [-0.15, -0.1) is 0 Å². The Hall–Kier alpha value is -1.58. The Morgan fingerprint density at radius 3 is 2.17 bits per heavy atom. The van der Waals surface area contributed by atoms with Crippen LogP contribution in [-0.4, -0.2) is 21.4 Å². The minimum atomic E-state index is -4.34. The van der Waals surface area contributed by atoms with Gasteiger partial charge < -0.3 is 19.0 Å². The molecule has 0 spiro atoms. The first-order valence-electron chi connectivity index (χ1n) is 10.4. The minimum Gasteiger partial charge on any atom is -0.537 e. The third-order valence-corrected chi connectivity index (χ3v) is 7.03. The van der Waals surface area contributed by atoms with Crippen LogP contribution in [0.1, 0.15) is 46.8 Å². The summed E-state index contributed by atoms with van der Waals surface area (Å²) in [6.45, 7) is 5.00. The summed E-state index contributed by atoms with van der Waals surface area (Å²) >= 11 is 11.8. The number of halogens is 2. The van der Waals surface area contributed by atoms with Crippen molar-refractivity contribution in [2.45, 2.75) is 37.9 Å². The van der Waals surface area contributed by atoms with E-state index in [1.807, 2.05) is 12.1 Å². The summed E-state index contributed by atoms with van der Waals surface area (Å²) in [6, 6.07) is 16.8. The van der Waals surface area contributed by atoms with Crippen molar-refractivity contribution in [1.29, 1.82) is 0 Å². The van der Waals surface area contributed by atoms with Gasteiger partial charge in [-0.3, -0.25) is 0 Å². The van der Waals surface area contributed by atoms with Gasteiger partial charge in [-0.1, -0.05) is 67.4 Å². The molecule has 1 amide bonds. The van der Waals surface area contributed by atoms with Crippen molar-refractivity contribution >= 4 is 39.1 Å². The van der Waals surface area contributed by atoms with Gasteiger partial charge >= 0.3 is 29.6 Å². The molecule has 3 rings (SSSR count). The van der Waals surface area contributed by atoms with Gasteiger partial charge in [0.05, 0.1) is 36.1 Å². The number of sulfonamides is 1. The van der Waals surface area contributed by atoms with E-state index in [9.17, 15) is 13.2 Å². The van der Waals surface area contributed by atoms with Gasteiger partial charge in [0.15, 0.2) is 0 Å². The van der Waals surface area contributed by atoms with Crippen LogP contribution in [-0.2, 0) is 28.0 Å². The molecule has 0 aliphatic heterocycles. The monoisotopic (exact) mass is 543 g/mol. The van der Waals surface area contributed by atoms with Gasteiger partial charge in [-0.2, -0.15) is 0 Å². The summed E-state index contributed by atoms with van der Waals surface area (Å²) in [5.74, 6) is -0.317. The van der Waals surface area contributed by atoms with E-state index in [2.05, 4.69) is 30.7 Å². The smallest absolute Gasteiger partial charge is 0.537 e. The van der Waals surface area contributed by atoms with Crippen LogP contribution in [0.3, 0.4) is 0 Å². The number of benzene rings is 3. The Bertz CT molecular complexity index is 1280. The van der Waals surface area contributed by atoms with Gasteiger partial charge in [0.2, 0.25) is 0 Å². The average Bonchev–Trinajstić information content (AvgIpc) is 2.78. The van der Waals surface area contributed by atoms with Crippen molar-refractivity contribution in [3.8, 4) is 5.75 Å². The first kappa shape index (κ1) is 29.6. The zero-order valence-corrected chi connectivity index (χ0v) is 24.2. The van der Waals surface area contributed by atoms with E-state index in [-0.39, 0.29) is 62.4 Å². The number of hydrogen-bond acceptors (Lipinski definition) is 5. The number of hydrogen-bond donors (Lipinski definition) is 0. The van der Waals surface area contributed by atoms with Crippen LogP contribution in [0.4, 0.5) is 0 Å². The Labute approximate surface area is 238 Å². The average molecular weight is 544 g/mol. The van der Waals surface area contributed by atoms with Crippen molar-refractivity contribution in [2.24, 2.45) is 0 Å². The van der Waals surface area contributed by atoms with Crippen LogP contribution in [0.2, 0.25) is 10.0 Å². The van der Waals surface area contributed by atoms with E-state index in [1.54, 1.807) is 12.1 Å². The first-order valence-corrected chi connectivity index (χ1v) is 12.6. The van der Waals surface area contributed by atoms with Gasteiger partial charge in [0.1, 0.15) is 15.8 Å². The molecule has 180 valence electrons. The van der Waals surface area contributed by atoms with E-state index in [0.29, 0.717) is 12.5 Å². The molecule has 0 aromatic heterocycles. The van der Waals surface area contributed by atoms with Crippen molar-refractivity contribution < 1.29 is 52.2 Å². The molecule has 10 heteroatoms. The zero-order chi connectivity index (χ0) is 24.9. The first-order chi connectivity index (χ1) is 16.1. The summed E-state index contributed by atoms with van der Waals surface area (Å²) in [5, 5.41) is 0.143. The molecule has 3 aromatic rings. The molecular formula is C25H24Cl2NNaO5S. The molecule has 0 saturated heterocycles. The molecule has 0 unspecified atom stereocenters. The Balaban J connectivity index is 0.00000432. The van der Waals surface area contributed by atoms with E-state index in [1.165, 1.54) is 36.9 Å². The second-order valence-corrected chi connectivity index (χ2v) is 10.3. The third-order valence-electron chi connectivity index (χ3n) is 5.06. The maximum absolute atomic E-state index is 12.7. The van der Waals surface area contributed by atoms with E-state index < -0.39 is 15.9 Å². The van der Waals surface area contributed by atoms with Crippen LogP contribution < -0.4 is 34.3 Å². The normalized spacial score (nSPS) is 11.1. The van der Waals surface area contributed by atoms with Crippen molar-refractivity contribution in [1.82, 2.24) is 0 Å². The fourth-order valence-electron chi connectivity index (χ4n) is 3.18. The van der Waals surface area contributed by atoms with E-state index in [4.69, 9.17) is 32.7 Å². The topological polar surface area (TPSA) is 83.8 Å². The van der Waals surface area contributed by atoms with Crippen LogP contribution >= 0.6 is 23.2 Å². The quantitative estimate of drug-likeness (QED) is 0.384. The van der Waals surface area contributed by atoms with Crippen LogP contribution in [0.15, 0.2) is 65.6 Å². The number of ether oxygens (including phenoxy) is 2. The molecular weight excluding hydrogens is 520 g/mol. The largest absolute Gasteiger partial charge is 1.00 e. The predicted octanol–water partition coefficient (Wildman–Crippen LogP) is 3.75. The number of methoxy groups -OCH3 is 1. The molecule has 0 fully saturated rings. The SMILES string of the molecule is COc1cc(COCc2ccc(C(C)C)cc2)ccc1C(=O)[N-]S(=O)(=O)c1ccc(Cl)cc1Cl.[Na+]. The summed E-state index contributed by atoms with van der Waals surface area (Å²) in [5.41, 5.74) is 3.08. The number of nitrogens with zero attached hydrogens (tertiary/aromatic N) is 1. The molecule has 0 bridgehead atoms. The minimum absolute atomic E-state index is 0. The summed E-state index contributed by atoms with van der Waals surface area (Å²) in [7, 11) is -2.95. The van der Waals surface area contributed by atoms with Crippen LogP contribution in [0.25, 0.3) is 4.72 Å². The van der Waals surface area contributed by atoms with Crippen molar-refractivity contribution in [3.05, 3.63) is 97.7 Å². The molecule has 0 radical (unpaired) electrons. The molecule has 0 atom stereocenters.